The number of aromatic nitrogens is 3. The number of anilines is 2. The van der Waals surface area contributed by atoms with Crippen LogP contribution in [-0.2, 0) is 14.4 Å². The van der Waals surface area contributed by atoms with E-state index in [9.17, 15) is 34.0 Å². The number of rotatable bonds is 8. The van der Waals surface area contributed by atoms with E-state index in [0.29, 0.717) is 80.1 Å². The van der Waals surface area contributed by atoms with E-state index in [1.807, 2.05) is 27.8 Å². The van der Waals surface area contributed by atoms with E-state index in [1.165, 1.54) is 6.20 Å². The smallest absolute Gasteiger partial charge is 0.262 e. The van der Waals surface area contributed by atoms with Gasteiger partial charge in [0.05, 0.1) is 27.9 Å². The Morgan fingerprint density at radius 3 is 2.32 bits per heavy atom. The van der Waals surface area contributed by atoms with Gasteiger partial charge in [0.15, 0.2) is 0 Å². The highest BCUT2D eigenvalue weighted by molar-refractivity contribution is 6.23. The third-order valence-electron chi connectivity index (χ3n) is 12.5. The summed E-state index contributed by atoms with van der Waals surface area (Å²) in [6.07, 6.45) is 12.2. The number of nitrogens with zero attached hydrogens (tertiary/aromatic N) is 7. The zero-order chi connectivity index (χ0) is 40.8. The van der Waals surface area contributed by atoms with Crippen molar-refractivity contribution in [1.29, 1.82) is 5.26 Å². The number of hydrogen-bond acceptors (Lipinski definition) is 11. The molecule has 1 atom stereocenters. The van der Waals surface area contributed by atoms with Gasteiger partial charge in [-0.25, -0.2) is 9.97 Å². The number of fused-ring (bicyclic) bond motifs is 2. The Labute approximate surface area is 339 Å². The standard InChI is InChI=1S/C43H44N10O6/c44-22-25-19-27-13-14-52(38(27)46-23-25)36-21-34(47-28-3-1-2-4-28)33(24-45-36)39(55)48-29-7-5-26(6-8-29)41(57)51-17-15-50(16-18-51)30-9-10-31-32(20-30)43(59)53(42(31)58)35-11-12-37(54)49-40(35)56/h9-10,13-14,19-21,23-24,26,28-29,35H,1-8,11-12,15-18H2,(H,45,47)(H,48,55)(H,49,54,56). The number of carbonyl (C=O) groups is 6. The van der Waals surface area contributed by atoms with Crippen molar-refractivity contribution in [2.75, 3.05) is 36.4 Å². The average Bonchev–Trinajstić information content (AvgIpc) is 3.99. The lowest BCUT2D eigenvalue weighted by Crippen LogP contribution is -2.54. The monoisotopic (exact) mass is 796 g/mol. The minimum atomic E-state index is -1.02. The number of carbonyl (C=O) groups excluding carboxylic acids is 6. The van der Waals surface area contributed by atoms with Crippen molar-refractivity contribution >= 4 is 57.9 Å². The lowest BCUT2D eigenvalue weighted by atomic mass is 9.85. The molecular weight excluding hydrogens is 753 g/mol. The molecule has 9 rings (SSSR count). The molecule has 302 valence electrons. The fourth-order valence-corrected chi connectivity index (χ4v) is 9.28. The van der Waals surface area contributed by atoms with Crippen LogP contribution in [0.5, 0.6) is 0 Å². The topological polar surface area (TPSA) is 203 Å². The lowest BCUT2D eigenvalue weighted by Gasteiger charge is -2.39. The molecule has 0 bridgehead atoms. The molecule has 6 heterocycles. The van der Waals surface area contributed by atoms with Crippen molar-refractivity contribution < 1.29 is 28.8 Å². The molecular formula is C43H44N10O6. The second-order valence-corrected chi connectivity index (χ2v) is 16.2. The van der Waals surface area contributed by atoms with E-state index in [-0.39, 0.29) is 53.8 Å². The number of benzene rings is 1. The molecule has 4 fully saturated rings. The lowest BCUT2D eigenvalue weighted by molar-refractivity contribution is -0.137. The van der Waals surface area contributed by atoms with Gasteiger partial charge in [-0.3, -0.25) is 43.6 Å². The van der Waals surface area contributed by atoms with E-state index >= 15 is 0 Å². The summed E-state index contributed by atoms with van der Waals surface area (Å²) in [4.78, 5) is 92.2. The quantitative estimate of drug-likeness (QED) is 0.220. The molecule has 16 nitrogen and oxygen atoms in total. The minimum Gasteiger partial charge on any atom is -0.382 e. The van der Waals surface area contributed by atoms with E-state index in [2.05, 4.69) is 36.9 Å². The molecule has 3 N–H and O–H groups in total. The maximum atomic E-state index is 13.8. The third kappa shape index (κ3) is 7.26. The van der Waals surface area contributed by atoms with Crippen LogP contribution in [0.1, 0.15) is 101 Å². The second-order valence-electron chi connectivity index (χ2n) is 16.2. The van der Waals surface area contributed by atoms with Gasteiger partial charge in [0.1, 0.15) is 23.6 Å². The number of nitriles is 1. The molecule has 2 saturated heterocycles. The van der Waals surface area contributed by atoms with Gasteiger partial charge in [-0.1, -0.05) is 12.8 Å². The molecule has 0 radical (unpaired) electrons. The highest BCUT2D eigenvalue weighted by atomic mass is 16.2. The molecule has 4 aromatic rings. The second kappa shape index (κ2) is 15.6. The summed E-state index contributed by atoms with van der Waals surface area (Å²) in [6, 6.07) is 11.9. The normalized spacial score (nSPS) is 22.4. The van der Waals surface area contributed by atoms with Gasteiger partial charge in [-0.2, -0.15) is 5.26 Å². The van der Waals surface area contributed by atoms with Gasteiger partial charge in [-0.05, 0) is 75.3 Å². The zero-order valence-corrected chi connectivity index (χ0v) is 32.5. The van der Waals surface area contributed by atoms with Crippen molar-refractivity contribution in [2.45, 2.75) is 82.3 Å². The predicted octanol–water partition coefficient (Wildman–Crippen LogP) is 3.69. The predicted molar refractivity (Wildman–Crippen MR) is 215 cm³/mol. The Kier molecular flexibility index (Phi) is 10.0. The van der Waals surface area contributed by atoms with Gasteiger partial charge in [-0.15, -0.1) is 0 Å². The molecule has 1 aromatic carbocycles. The van der Waals surface area contributed by atoms with Gasteiger partial charge < -0.3 is 20.4 Å². The molecule has 2 saturated carbocycles. The van der Waals surface area contributed by atoms with Gasteiger partial charge in [0.2, 0.25) is 17.7 Å². The summed E-state index contributed by atoms with van der Waals surface area (Å²) in [5.41, 5.74) is 3.56. The number of nitrogens with one attached hydrogen (secondary N) is 3. The zero-order valence-electron chi connectivity index (χ0n) is 32.5. The van der Waals surface area contributed by atoms with Gasteiger partial charge in [0, 0.05) is 86.3 Å². The Morgan fingerprint density at radius 1 is 0.814 bits per heavy atom. The maximum Gasteiger partial charge on any atom is 0.262 e. The molecule has 0 spiro atoms. The number of amides is 6. The number of piperidine rings is 1. The maximum absolute atomic E-state index is 13.8. The molecule has 16 heteroatoms. The van der Waals surface area contributed by atoms with Crippen molar-refractivity contribution in [3.63, 3.8) is 0 Å². The summed E-state index contributed by atoms with van der Waals surface area (Å²) < 4.78 is 1.86. The molecule has 59 heavy (non-hydrogen) atoms. The van der Waals surface area contributed by atoms with Crippen LogP contribution in [0.3, 0.4) is 0 Å². The van der Waals surface area contributed by atoms with Crippen LogP contribution in [0.25, 0.3) is 16.9 Å². The highest BCUT2D eigenvalue weighted by Gasteiger charge is 2.45. The van der Waals surface area contributed by atoms with E-state index in [0.717, 1.165) is 41.7 Å². The summed E-state index contributed by atoms with van der Waals surface area (Å²) >= 11 is 0. The first-order valence-corrected chi connectivity index (χ1v) is 20.5. The van der Waals surface area contributed by atoms with Crippen molar-refractivity contribution in [2.24, 2.45) is 5.92 Å². The van der Waals surface area contributed by atoms with Crippen LogP contribution in [0.4, 0.5) is 11.4 Å². The Hall–Kier alpha value is -6.63. The first-order valence-electron chi connectivity index (χ1n) is 20.5. The number of hydrogen-bond donors (Lipinski definition) is 3. The van der Waals surface area contributed by atoms with Gasteiger partial charge >= 0.3 is 0 Å². The number of piperazine rings is 1. The molecule has 3 aromatic heterocycles. The molecule has 3 aliphatic heterocycles. The van der Waals surface area contributed by atoms with E-state index < -0.39 is 29.7 Å². The SMILES string of the molecule is N#Cc1cnc2c(ccn2-c2cc(NC3CCCC3)c(C(=O)NC3CCC(C(=O)N4CCN(c5ccc6c(c5)C(=O)N(C5CCC(=O)NC5=O)C6=O)CC4)CC3)cn2)c1. The van der Waals surface area contributed by atoms with Crippen LogP contribution < -0.4 is 20.9 Å². The summed E-state index contributed by atoms with van der Waals surface area (Å²) in [5.74, 6) is -1.76. The van der Waals surface area contributed by atoms with E-state index in [4.69, 9.17) is 0 Å². The molecule has 5 aliphatic rings. The van der Waals surface area contributed by atoms with Crippen molar-refractivity contribution in [3.05, 3.63) is 77.2 Å². The first kappa shape index (κ1) is 37.9. The molecule has 6 amide bonds. The van der Waals surface area contributed by atoms with Gasteiger partial charge in [0.25, 0.3) is 17.7 Å². The fourth-order valence-electron chi connectivity index (χ4n) is 9.28. The van der Waals surface area contributed by atoms with Crippen LogP contribution >= 0.6 is 0 Å². The summed E-state index contributed by atoms with van der Waals surface area (Å²) in [7, 11) is 0. The average molecular weight is 797 g/mol. The molecule has 1 unspecified atom stereocenters. The minimum absolute atomic E-state index is 0.0584. The Bertz CT molecular complexity index is 2430. The first-order chi connectivity index (χ1) is 28.6. The van der Waals surface area contributed by atoms with Crippen LogP contribution in [0, 0.1) is 17.2 Å². The van der Waals surface area contributed by atoms with Crippen molar-refractivity contribution in [1.82, 2.24) is 35.0 Å². The van der Waals surface area contributed by atoms with Crippen LogP contribution in [-0.4, -0.2) is 104 Å². The molecule has 2 aliphatic carbocycles. The Morgan fingerprint density at radius 2 is 1.58 bits per heavy atom. The van der Waals surface area contributed by atoms with Crippen molar-refractivity contribution in [3.8, 4) is 11.9 Å². The largest absolute Gasteiger partial charge is 0.382 e. The third-order valence-corrected chi connectivity index (χ3v) is 12.5. The van der Waals surface area contributed by atoms with Crippen LogP contribution in [0.2, 0.25) is 0 Å². The van der Waals surface area contributed by atoms with E-state index in [1.54, 1.807) is 30.5 Å². The number of imide groups is 2. The summed E-state index contributed by atoms with van der Waals surface area (Å²) in [5, 5.41) is 19.2. The highest BCUT2D eigenvalue weighted by Crippen LogP contribution is 2.33. The number of pyridine rings is 2. The summed E-state index contributed by atoms with van der Waals surface area (Å²) in [6.45, 7) is 2.13. The van der Waals surface area contributed by atoms with Crippen LogP contribution in [0.15, 0.2) is 55.0 Å². The fraction of sp³-hybridized carbons (Fsp3) is 0.419. The Balaban J connectivity index is 0.797.